The first-order valence-corrected chi connectivity index (χ1v) is 13.9. The Morgan fingerprint density at radius 1 is 1.08 bits per heavy atom. The lowest BCUT2D eigenvalue weighted by molar-refractivity contribution is -0.154. The van der Waals surface area contributed by atoms with Crippen LogP contribution in [0, 0.1) is 17.3 Å². The Morgan fingerprint density at radius 3 is 2.67 bits per heavy atom. The summed E-state index contributed by atoms with van der Waals surface area (Å²) < 4.78 is 0. The van der Waals surface area contributed by atoms with E-state index in [-0.39, 0.29) is 35.2 Å². The Hall–Kier alpha value is -2.04. The standard InChI is InChI=1S/C31H38N2O2.ClH/c1-32(29(35)15-21-5-3-2-4-6-21)27-19-30-13-14-33(20-22-7-8-22)28-12-10-24(27)18-31(28,30)17-23-9-11-25(34)16-26(23)30;/h2-6,9,11,16,22,24,27-28,34H,7-8,10,12-15,17-20H2,1H3;1H/t24-,27+,28+,30-,31-;/m1./s1. The Labute approximate surface area is 221 Å². The van der Waals surface area contributed by atoms with E-state index in [0.717, 1.165) is 37.3 Å². The number of benzene rings is 2. The second-order valence-electron chi connectivity index (χ2n) is 12.4. The van der Waals surface area contributed by atoms with Crippen LogP contribution >= 0.6 is 12.4 Å². The molecule has 2 aromatic rings. The predicted octanol–water partition coefficient (Wildman–Crippen LogP) is 5.35. The highest BCUT2D eigenvalue weighted by molar-refractivity contribution is 5.85. The third-order valence-electron chi connectivity index (χ3n) is 10.8. The lowest BCUT2D eigenvalue weighted by Gasteiger charge is -2.67. The van der Waals surface area contributed by atoms with Crippen LogP contribution in [0.2, 0.25) is 0 Å². The summed E-state index contributed by atoms with van der Waals surface area (Å²) in [5.74, 6) is 2.14. The lowest BCUT2D eigenvalue weighted by atomic mass is 9.44. The number of hydrogen-bond donors (Lipinski definition) is 1. The molecule has 5 heteroatoms. The molecule has 0 aromatic heterocycles. The van der Waals surface area contributed by atoms with Crippen LogP contribution in [0.4, 0.5) is 0 Å². The van der Waals surface area contributed by atoms with E-state index in [2.05, 4.69) is 41.1 Å². The van der Waals surface area contributed by atoms with Gasteiger partial charge >= 0.3 is 0 Å². The van der Waals surface area contributed by atoms with Crippen molar-refractivity contribution in [2.45, 2.75) is 75.3 Å². The number of phenolic OH excluding ortho intramolecular Hbond substituents is 1. The number of hydrogen-bond acceptors (Lipinski definition) is 3. The molecule has 5 aliphatic rings. The molecule has 7 rings (SSSR count). The SMILES string of the molecule is CN(C(=O)Cc1ccccc1)[C@H]1C[C@@]23CCN(CC4CC4)[C@H]4CC[C@@H]1C[C@]42Cc1ccc(O)cc13.Cl. The summed E-state index contributed by atoms with van der Waals surface area (Å²) in [6.45, 7) is 2.45. The van der Waals surface area contributed by atoms with Crippen molar-refractivity contribution in [3.8, 4) is 5.75 Å². The molecule has 4 aliphatic carbocycles. The van der Waals surface area contributed by atoms with Crippen molar-refractivity contribution < 1.29 is 9.90 Å². The van der Waals surface area contributed by atoms with Gasteiger partial charge in [0.15, 0.2) is 0 Å². The second kappa shape index (κ2) is 8.77. The fourth-order valence-corrected chi connectivity index (χ4v) is 9.06. The number of fused-ring (bicyclic) bond motifs is 2. The van der Waals surface area contributed by atoms with Crippen LogP contribution in [-0.2, 0) is 23.1 Å². The molecule has 1 amide bonds. The molecular weight excluding hydrogens is 468 g/mol. The van der Waals surface area contributed by atoms with Crippen molar-refractivity contribution in [3.63, 3.8) is 0 Å². The first kappa shape index (κ1) is 24.3. The van der Waals surface area contributed by atoms with Crippen LogP contribution in [-0.4, -0.2) is 53.0 Å². The number of piperidine rings is 1. The highest BCUT2D eigenvalue weighted by Gasteiger charge is 2.69. The minimum Gasteiger partial charge on any atom is -0.508 e. The monoisotopic (exact) mass is 506 g/mol. The van der Waals surface area contributed by atoms with E-state index in [1.807, 2.05) is 24.3 Å². The van der Waals surface area contributed by atoms with Crippen LogP contribution in [0.5, 0.6) is 5.75 Å². The maximum atomic E-state index is 13.5. The third kappa shape index (κ3) is 3.55. The maximum Gasteiger partial charge on any atom is 0.226 e. The Kier molecular flexibility index (Phi) is 5.92. The van der Waals surface area contributed by atoms with Gasteiger partial charge in [-0.3, -0.25) is 9.69 Å². The van der Waals surface area contributed by atoms with Gasteiger partial charge in [-0.2, -0.15) is 0 Å². The summed E-state index contributed by atoms with van der Waals surface area (Å²) >= 11 is 0. The largest absolute Gasteiger partial charge is 0.508 e. The van der Waals surface area contributed by atoms with E-state index in [1.54, 1.807) is 0 Å². The molecule has 2 bridgehead atoms. The van der Waals surface area contributed by atoms with Crippen molar-refractivity contribution in [2.75, 3.05) is 20.1 Å². The van der Waals surface area contributed by atoms with E-state index in [1.165, 1.54) is 49.8 Å². The first-order chi connectivity index (χ1) is 17.0. The third-order valence-corrected chi connectivity index (χ3v) is 10.8. The molecule has 1 saturated heterocycles. The summed E-state index contributed by atoms with van der Waals surface area (Å²) in [5, 5.41) is 10.5. The molecule has 1 N–H and O–H groups in total. The first-order valence-electron chi connectivity index (χ1n) is 13.9. The number of aromatic hydroxyl groups is 1. The van der Waals surface area contributed by atoms with Crippen LogP contribution in [0.1, 0.15) is 61.6 Å². The number of phenols is 1. The van der Waals surface area contributed by atoms with Crippen LogP contribution in [0.3, 0.4) is 0 Å². The molecule has 2 aromatic carbocycles. The van der Waals surface area contributed by atoms with Gasteiger partial charge in [-0.1, -0.05) is 36.4 Å². The number of amides is 1. The van der Waals surface area contributed by atoms with Gasteiger partial charge in [0.2, 0.25) is 5.91 Å². The van der Waals surface area contributed by atoms with Gasteiger partial charge in [0.25, 0.3) is 0 Å². The molecule has 5 atom stereocenters. The van der Waals surface area contributed by atoms with Crippen molar-refractivity contribution in [1.82, 2.24) is 9.80 Å². The molecule has 36 heavy (non-hydrogen) atoms. The van der Waals surface area contributed by atoms with E-state index in [4.69, 9.17) is 0 Å². The summed E-state index contributed by atoms with van der Waals surface area (Å²) in [4.78, 5) is 18.5. The van der Waals surface area contributed by atoms with Gasteiger partial charge in [-0.15, -0.1) is 12.4 Å². The minimum atomic E-state index is 0. The van der Waals surface area contributed by atoms with Gasteiger partial charge in [0, 0.05) is 36.5 Å². The zero-order chi connectivity index (χ0) is 23.8. The van der Waals surface area contributed by atoms with Crippen LogP contribution in [0.25, 0.3) is 0 Å². The zero-order valence-electron chi connectivity index (χ0n) is 21.4. The number of halogens is 1. The van der Waals surface area contributed by atoms with Crippen LogP contribution in [0.15, 0.2) is 48.5 Å². The molecule has 1 aliphatic heterocycles. The Balaban J connectivity index is 0.00000240. The van der Waals surface area contributed by atoms with Crippen molar-refractivity contribution in [3.05, 3.63) is 65.2 Å². The number of carbonyl (C=O) groups excluding carboxylic acids is 1. The smallest absolute Gasteiger partial charge is 0.226 e. The average Bonchev–Trinajstić information content (AvgIpc) is 3.64. The molecule has 1 spiro atoms. The van der Waals surface area contributed by atoms with Gasteiger partial charge in [0.05, 0.1) is 6.42 Å². The Bertz CT molecular complexity index is 1150. The fourth-order valence-electron chi connectivity index (χ4n) is 9.06. The van der Waals surface area contributed by atoms with E-state index in [0.29, 0.717) is 24.1 Å². The predicted molar refractivity (Wildman–Crippen MR) is 145 cm³/mol. The fraction of sp³-hybridized carbons (Fsp3) is 0.581. The zero-order valence-corrected chi connectivity index (χ0v) is 22.2. The van der Waals surface area contributed by atoms with E-state index >= 15 is 0 Å². The molecule has 0 radical (unpaired) electrons. The topological polar surface area (TPSA) is 43.8 Å². The molecule has 4 nitrogen and oxygen atoms in total. The van der Waals surface area contributed by atoms with Crippen molar-refractivity contribution in [2.24, 2.45) is 17.3 Å². The van der Waals surface area contributed by atoms with Gasteiger partial charge in [-0.05, 0) is 98.6 Å². The number of likely N-dealkylation sites (N-methyl/N-ethyl adjacent to an activating group) is 1. The highest BCUT2D eigenvalue weighted by atomic mass is 35.5. The molecule has 3 saturated carbocycles. The number of nitrogens with zero attached hydrogens (tertiary/aromatic N) is 2. The number of carbonyl (C=O) groups is 1. The summed E-state index contributed by atoms with van der Waals surface area (Å²) in [6.07, 6.45) is 10.4. The molecule has 192 valence electrons. The molecule has 0 unspecified atom stereocenters. The van der Waals surface area contributed by atoms with Crippen molar-refractivity contribution >= 4 is 18.3 Å². The molecule has 4 fully saturated rings. The summed E-state index contributed by atoms with van der Waals surface area (Å²) in [5.41, 5.74) is 4.30. The maximum absolute atomic E-state index is 13.5. The lowest BCUT2D eigenvalue weighted by Crippen LogP contribution is -2.70. The van der Waals surface area contributed by atoms with Crippen molar-refractivity contribution in [1.29, 1.82) is 0 Å². The van der Waals surface area contributed by atoms with Gasteiger partial charge in [0.1, 0.15) is 5.75 Å². The summed E-state index contributed by atoms with van der Waals surface area (Å²) in [6, 6.07) is 17.3. The quantitative estimate of drug-likeness (QED) is 0.594. The molecular formula is C31H39ClN2O2. The Morgan fingerprint density at radius 2 is 1.89 bits per heavy atom. The molecule has 1 heterocycles. The minimum absolute atomic E-state index is 0. The second-order valence-corrected chi connectivity index (χ2v) is 12.4. The van der Waals surface area contributed by atoms with Gasteiger partial charge in [-0.25, -0.2) is 0 Å². The number of rotatable bonds is 5. The van der Waals surface area contributed by atoms with Crippen LogP contribution < -0.4 is 0 Å². The number of likely N-dealkylation sites (tertiary alicyclic amines) is 1. The van der Waals surface area contributed by atoms with E-state index in [9.17, 15) is 9.90 Å². The van der Waals surface area contributed by atoms with Gasteiger partial charge < -0.3 is 10.0 Å². The normalized spacial score (nSPS) is 34.3. The van der Waals surface area contributed by atoms with E-state index < -0.39 is 0 Å². The average molecular weight is 507 g/mol. The summed E-state index contributed by atoms with van der Waals surface area (Å²) in [7, 11) is 2.06. The highest BCUT2D eigenvalue weighted by Crippen LogP contribution is 2.70.